The monoisotopic (exact) mass is 326 g/mol. The molecular formula is C18H26N6. The molecule has 4 heterocycles. The van der Waals surface area contributed by atoms with Crippen molar-refractivity contribution >= 4 is 22.2 Å². The zero-order valence-corrected chi connectivity index (χ0v) is 15.3. The average molecular weight is 326 g/mol. The van der Waals surface area contributed by atoms with Crippen molar-refractivity contribution in [3.8, 4) is 0 Å². The maximum atomic E-state index is 4.14. The van der Waals surface area contributed by atoms with Gasteiger partial charge in [-0.25, -0.2) is 15.0 Å². The number of aromatic nitrogens is 6. The average Bonchev–Trinajstić information content (AvgIpc) is 3.23. The molecule has 6 nitrogen and oxygen atoms in total. The molecule has 0 saturated heterocycles. The van der Waals surface area contributed by atoms with E-state index >= 15 is 0 Å². The Kier molecular flexibility index (Phi) is 8.11. The highest BCUT2D eigenvalue weighted by Crippen LogP contribution is 2.07. The van der Waals surface area contributed by atoms with Gasteiger partial charge in [0.1, 0.15) is 11.0 Å². The largest absolute Gasteiger partial charge is 0.334 e. The molecule has 128 valence electrons. The lowest BCUT2D eigenvalue weighted by molar-refractivity contribution is 0.931. The Labute approximate surface area is 143 Å². The molecule has 0 fully saturated rings. The van der Waals surface area contributed by atoms with E-state index in [-0.39, 0.29) is 0 Å². The summed E-state index contributed by atoms with van der Waals surface area (Å²) < 4.78 is 3.87. The van der Waals surface area contributed by atoms with Gasteiger partial charge in [0, 0.05) is 26.5 Å². The van der Waals surface area contributed by atoms with Gasteiger partial charge in [-0.05, 0) is 18.2 Å². The van der Waals surface area contributed by atoms with Crippen molar-refractivity contribution in [2.24, 2.45) is 14.1 Å². The second-order valence-corrected chi connectivity index (χ2v) is 4.42. The summed E-state index contributed by atoms with van der Waals surface area (Å²) in [7, 11) is 3.90. The minimum atomic E-state index is 0.933. The molecule has 0 aliphatic carbocycles. The summed E-state index contributed by atoms with van der Waals surface area (Å²) in [5, 5.41) is 0. The molecule has 0 radical (unpaired) electrons. The van der Waals surface area contributed by atoms with Crippen LogP contribution in [0.15, 0.2) is 49.4 Å². The van der Waals surface area contributed by atoms with Gasteiger partial charge in [-0.15, -0.1) is 0 Å². The number of fused-ring (bicyclic) bond motifs is 2. The van der Waals surface area contributed by atoms with E-state index in [1.165, 1.54) is 0 Å². The van der Waals surface area contributed by atoms with Crippen LogP contribution in [-0.2, 0) is 14.1 Å². The maximum absolute atomic E-state index is 4.14. The standard InChI is InChI=1S/2C7H7N3.2C2H6/c1-10-5-9-6-4-8-3-2-7(6)10;1-10-5-9-6-3-2-4-8-7(6)10;2*1-2/h2*2-5H,1H3;2*1-2H3. The lowest BCUT2D eigenvalue weighted by Gasteiger charge is -1.89. The summed E-state index contributed by atoms with van der Waals surface area (Å²) in [6.07, 6.45) is 8.84. The summed E-state index contributed by atoms with van der Waals surface area (Å²) in [5.74, 6) is 0. The molecule has 4 rings (SSSR count). The SMILES string of the molecule is CC.CC.Cn1cnc2cccnc21.Cn1cnc2cnccc21. The number of hydrogen-bond acceptors (Lipinski definition) is 4. The van der Waals surface area contributed by atoms with Gasteiger partial charge in [-0.2, -0.15) is 0 Å². The molecule has 6 heteroatoms. The lowest BCUT2D eigenvalue weighted by Crippen LogP contribution is -1.85. The summed E-state index contributed by atoms with van der Waals surface area (Å²) >= 11 is 0. The third kappa shape index (κ3) is 4.62. The number of pyridine rings is 2. The molecule has 0 bridgehead atoms. The van der Waals surface area contributed by atoms with Crippen LogP contribution in [0.1, 0.15) is 27.7 Å². The fourth-order valence-corrected chi connectivity index (χ4v) is 1.95. The van der Waals surface area contributed by atoms with Gasteiger partial charge in [0.05, 0.1) is 24.4 Å². The third-order valence-corrected chi connectivity index (χ3v) is 3.00. The van der Waals surface area contributed by atoms with Crippen molar-refractivity contribution in [3.63, 3.8) is 0 Å². The first-order chi connectivity index (χ1) is 11.8. The number of imidazole rings is 2. The van der Waals surface area contributed by atoms with Crippen LogP contribution in [0.25, 0.3) is 22.2 Å². The van der Waals surface area contributed by atoms with Crippen LogP contribution in [0.2, 0.25) is 0 Å². The molecule has 4 aromatic rings. The van der Waals surface area contributed by atoms with Crippen LogP contribution < -0.4 is 0 Å². The van der Waals surface area contributed by atoms with Gasteiger partial charge in [0.25, 0.3) is 0 Å². The maximum Gasteiger partial charge on any atom is 0.159 e. The van der Waals surface area contributed by atoms with E-state index in [9.17, 15) is 0 Å². The molecule has 0 aliphatic heterocycles. The molecule has 0 atom stereocenters. The van der Waals surface area contributed by atoms with Gasteiger partial charge in [0.2, 0.25) is 0 Å². The molecule has 0 amide bonds. The predicted octanol–water partition coefficient (Wildman–Crippen LogP) is 3.99. The molecule has 24 heavy (non-hydrogen) atoms. The molecule has 0 unspecified atom stereocenters. The second kappa shape index (κ2) is 10.1. The number of aryl methyl sites for hydroxylation is 2. The quantitative estimate of drug-likeness (QED) is 0.490. The van der Waals surface area contributed by atoms with Crippen molar-refractivity contribution in [2.45, 2.75) is 27.7 Å². The van der Waals surface area contributed by atoms with Crippen LogP contribution >= 0.6 is 0 Å². The van der Waals surface area contributed by atoms with Crippen LogP contribution in [0, 0.1) is 0 Å². The van der Waals surface area contributed by atoms with Gasteiger partial charge < -0.3 is 9.13 Å². The Morgan fingerprint density at radius 3 is 2.08 bits per heavy atom. The van der Waals surface area contributed by atoms with Crippen molar-refractivity contribution in [3.05, 3.63) is 49.4 Å². The molecule has 0 aliphatic rings. The smallest absolute Gasteiger partial charge is 0.159 e. The fourth-order valence-electron chi connectivity index (χ4n) is 1.95. The first kappa shape index (κ1) is 19.3. The van der Waals surface area contributed by atoms with E-state index in [4.69, 9.17) is 0 Å². The summed E-state index contributed by atoms with van der Waals surface area (Å²) in [6.45, 7) is 8.00. The van der Waals surface area contributed by atoms with E-state index in [2.05, 4.69) is 19.9 Å². The minimum Gasteiger partial charge on any atom is -0.334 e. The summed E-state index contributed by atoms with van der Waals surface area (Å²) in [5.41, 5.74) is 3.95. The van der Waals surface area contributed by atoms with Gasteiger partial charge >= 0.3 is 0 Å². The fraction of sp³-hybridized carbons (Fsp3) is 0.333. The van der Waals surface area contributed by atoms with E-state index < -0.39 is 0 Å². The number of rotatable bonds is 0. The van der Waals surface area contributed by atoms with E-state index in [1.54, 1.807) is 31.2 Å². The second-order valence-electron chi connectivity index (χ2n) is 4.42. The van der Waals surface area contributed by atoms with Crippen molar-refractivity contribution in [1.82, 2.24) is 29.1 Å². The number of hydrogen-bond donors (Lipinski definition) is 0. The van der Waals surface area contributed by atoms with Crippen LogP contribution in [-0.4, -0.2) is 29.1 Å². The van der Waals surface area contributed by atoms with Gasteiger partial charge in [-0.1, -0.05) is 27.7 Å². The Balaban J connectivity index is 0.000000199. The Morgan fingerprint density at radius 1 is 0.750 bits per heavy atom. The van der Waals surface area contributed by atoms with Gasteiger partial charge in [0.15, 0.2) is 5.65 Å². The highest BCUT2D eigenvalue weighted by Gasteiger charge is 1.96. The normalized spacial score (nSPS) is 9.25. The Bertz CT molecular complexity index is 775. The number of nitrogens with zero attached hydrogens (tertiary/aromatic N) is 6. The highest BCUT2D eigenvalue weighted by atomic mass is 15.1. The zero-order chi connectivity index (χ0) is 17.9. The van der Waals surface area contributed by atoms with E-state index in [0.717, 1.165) is 22.2 Å². The van der Waals surface area contributed by atoms with Crippen LogP contribution in [0.5, 0.6) is 0 Å². The van der Waals surface area contributed by atoms with E-state index in [1.807, 2.05) is 69.1 Å². The van der Waals surface area contributed by atoms with Gasteiger partial charge in [-0.3, -0.25) is 4.98 Å². The third-order valence-electron chi connectivity index (χ3n) is 3.00. The summed E-state index contributed by atoms with van der Waals surface area (Å²) in [4.78, 5) is 16.3. The minimum absolute atomic E-state index is 0.933. The molecule has 0 saturated carbocycles. The molecule has 4 aromatic heterocycles. The van der Waals surface area contributed by atoms with Crippen molar-refractivity contribution in [2.75, 3.05) is 0 Å². The zero-order valence-electron chi connectivity index (χ0n) is 15.3. The molecule has 0 N–H and O–H groups in total. The molecular weight excluding hydrogens is 300 g/mol. The first-order valence-electron chi connectivity index (χ1n) is 8.19. The summed E-state index contributed by atoms with van der Waals surface area (Å²) in [6, 6.07) is 5.78. The van der Waals surface area contributed by atoms with Crippen LogP contribution in [0.3, 0.4) is 0 Å². The predicted molar refractivity (Wildman–Crippen MR) is 99.7 cm³/mol. The van der Waals surface area contributed by atoms with E-state index in [0.29, 0.717) is 0 Å². The Hall–Kier alpha value is -2.76. The molecule has 0 spiro atoms. The van der Waals surface area contributed by atoms with Crippen molar-refractivity contribution < 1.29 is 0 Å². The lowest BCUT2D eigenvalue weighted by atomic mass is 10.4. The van der Waals surface area contributed by atoms with Crippen LogP contribution in [0.4, 0.5) is 0 Å². The van der Waals surface area contributed by atoms with Crippen molar-refractivity contribution in [1.29, 1.82) is 0 Å². The Morgan fingerprint density at radius 2 is 1.42 bits per heavy atom. The molecule has 0 aromatic carbocycles. The first-order valence-corrected chi connectivity index (χ1v) is 8.19. The topological polar surface area (TPSA) is 61.4 Å². The highest BCUT2D eigenvalue weighted by molar-refractivity contribution is 5.73.